The van der Waals surface area contributed by atoms with Gasteiger partial charge in [-0.1, -0.05) is 31.1 Å². The van der Waals surface area contributed by atoms with Crippen LogP contribution in [0.25, 0.3) is 0 Å². The highest BCUT2D eigenvalue weighted by Gasteiger charge is 2.33. The second-order valence-electron chi connectivity index (χ2n) is 4.96. The number of hydrogen-bond donors (Lipinski definition) is 0. The molecule has 0 bridgehead atoms. The molecule has 3 atom stereocenters. The van der Waals surface area contributed by atoms with E-state index in [0.717, 1.165) is 18.3 Å². The molecular formula is C14H19FN2O6S. The van der Waals surface area contributed by atoms with Crippen LogP contribution >= 0.6 is 0 Å². The number of oxime groups is 1. The minimum absolute atomic E-state index is 0.183. The van der Waals surface area contributed by atoms with Crippen LogP contribution in [0.3, 0.4) is 0 Å². The molecule has 0 saturated heterocycles. The highest BCUT2D eigenvalue weighted by atomic mass is 32.2. The van der Waals surface area contributed by atoms with E-state index in [2.05, 4.69) is 9.99 Å². The van der Waals surface area contributed by atoms with Gasteiger partial charge in [-0.25, -0.2) is 4.39 Å². The minimum atomic E-state index is -4.43. The topological polar surface area (TPSA) is 108 Å². The number of para-hydroxylation sites is 1. The average Bonchev–Trinajstić information content (AvgIpc) is 2.56. The van der Waals surface area contributed by atoms with Crippen molar-refractivity contribution in [2.45, 2.75) is 37.4 Å². The Bertz CT molecular complexity index is 694. The number of halogens is 1. The zero-order valence-electron chi connectivity index (χ0n) is 13.5. The second kappa shape index (κ2) is 8.69. The highest BCUT2D eigenvalue weighted by Crippen LogP contribution is 2.28. The van der Waals surface area contributed by atoms with E-state index in [1.165, 1.54) is 26.2 Å². The van der Waals surface area contributed by atoms with Crippen LogP contribution in [0.1, 0.15) is 20.3 Å². The molecule has 0 aliphatic carbocycles. The Morgan fingerprint density at radius 2 is 2.04 bits per heavy atom. The fraction of sp³-hybridized carbons (Fsp3) is 0.500. The monoisotopic (exact) mass is 362 g/mol. The van der Waals surface area contributed by atoms with Crippen molar-refractivity contribution < 1.29 is 26.8 Å². The SMILES string of the molecule is CC[C@@H](OS(=O)(=O)c1ccccc1[N+](=O)[O-])[C@@H](C)[C@H](F)C=NOC. The minimum Gasteiger partial charge on any atom is -0.399 e. The van der Waals surface area contributed by atoms with Gasteiger partial charge in [0, 0.05) is 12.0 Å². The first-order valence-electron chi connectivity index (χ1n) is 7.12. The third kappa shape index (κ3) is 4.96. The first-order chi connectivity index (χ1) is 11.2. The molecule has 134 valence electrons. The number of rotatable bonds is 9. The van der Waals surface area contributed by atoms with Crippen molar-refractivity contribution in [1.29, 1.82) is 0 Å². The zero-order chi connectivity index (χ0) is 18.3. The van der Waals surface area contributed by atoms with Gasteiger partial charge in [-0.3, -0.25) is 14.3 Å². The van der Waals surface area contributed by atoms with Crippen LogP contribution in [-0.2, 0) is 19.1 Å². The summed E-state index contributed by atoms with van der Waals surface area (Å²) in [5.41, 5.74) is -0.599. The molecule has 24 heavy (non-hydrogen) atoms. The van der Waals surface area contributed by atoms with Crippen LogP contribution in [0.15, 0.2) is 34.3 Å². The summed E-state index contributed by atoms with van der Waals surface area (Å²) in [5.74, 6) is -0.855. The maximum Gasteiger partial charge on any atom is 0.304 e. The van der Waals surface area contributed by atoms with Gasteiger partial charge in [-0.2, -0.15) is 8.42 Å². The summed E-state index contributed by atoms with van der Waals surface area (Å²) >= 11 is 0. The number of nitro groups is 1. The number of nitro benzene ring substituents is 1. The van der Waals surface area contributed by atoms with Crippen LogP contribution in [0.4, 0.5) is 10.1 Å². The van der Waals surface area contributed by atoms with Gasteiger partial charge in [0.05, 0.1) is 17.2 Å². The lowest BCUT2D eigenvalue weighted by atomic mass is 9.98. The Balaban J connectivity index is 3.07. The third-order valence-corrected chi connectivity index (χ3v) is 4.77. The van der Waals surface area contributed by atoms with Gasteiger partial charge in [-0.15, -0.1) is 0 Å². The summed E-state index contributed by atoms with van der Waals surface area (Å²) in [6.45, 7) is 3.08. The third-order valence-electron chi connectivity index (χ3n) is 3.38. The molecule has 0 fully saturated rings. The molecule has 10 heteroatoms. The van der Waals surface area contributed by atoms with Crippen LogP contribution in [0, 0.1) is 16.0 Å². The molecule has 1 rings (SSSR count). The number of alkyl halides is 1. The van der Waals surface area contributed by atoms with E-state index in [1.54, 1.807) is 6.92 Å². The van der Waals surface area contributed by atoms with E-state index < -0.39 is 43.8 Å². The van der Waals surface area contributed by atoms with Crippen LogP contribution in [0.2, 0.25) is 0 Å². The Morgan fingerprint density at radius 1 is 1.42 bits per heavy atom. The number of nitrogens with zero attached hydrogens (tertiary/aromatic N) is 2. The Labute approximate surface area is 139 Å². The maximum absolute atomic E-state index is 14.0. The first kappa shape index (κ1) is 20.0. The fourth-order valence-electron chi connectivity index (χ4n) is 2.02. The van der Waals surface area contributed by atoms with Gasteiger partial charge in [0.2, 0.25) is 0 Å². The lowest BCUT2D eigenvalue weighted by Gasteiger charge is -2.23. The first-order valence-corrected chi connectivity index (χ1v) is 8.52. The van der Waals surface area contributed by atoms with Crippen LogP contribution < -0.4 is 0 Å². The van der Waals surface area contributed by atoms with Crippen molar-refractivity contribution in [1.82, 2.24) is 0 Å². The quantitative estimate of drug-likeness (QED) is 0.289. The highest BCUT2D eigenvalue weighted by molar-refractivity contribution is 7.87. The van der Waals surface area contributed by atoms with E-state index in [0.29, 0.717) is 0 Å². The molecule has 0 aliphatic heterocycles. The van der Waals surface area contributed by atoms with Crippen molar-refractivity contribution in [2.24, 2.45) is 11.1 Å². The zero-order valence-corrected chi connectivity index (χ0v) is 14.3. The van der Waals surface area contributed by atoms with E-state index in [9.17, 15) is 22.9 Å². The summed E-state index contributed by atoms with van der Waals surface area (Å²) in [4.78, 5) is 14.0. The van der Waals surface area contributed by atoms with Gasteiger partial charge >= 0.3 is 10.1 Å². The predicted octanol–water partition coefficient (Wildman–Crippen LogP) is 2.69. The molecule has 1 aromatic carbocycles. The molecule has 0 amide bonds. The summed E-state index contributed by atoms with van der Waals surface area (Å²) < 4.78 is 43.8. The molecule has 0 aromatic heterocycles. The van der Waals surface area contributed by atoms with Gasteiger partial charge < -0.3 is 4.84 Å². The predicted molar refractivity (Wildman–Crippen MR) is 85.0 cm³/mol. The molecule has 0 N–H and O–H groups in total. The molecule has 1 aromatic rings. The van der Waals surface area contributed by atoms with Gasteiger partial charge in [0.25, 0.3) is 5.69 Å². The van der Waals surface area contributed by atoms with Crippen molar-refractivity contribution in [3.63, 3.8) is 0 Å². The molecular weight excluding hydrogens is 343 g/mol. The summed E-state index contributed by atoms with van der Waals surface area (Å²) in [6, 6.07) is 4.82. The van der Waals surface area contributed by atoms with Crippen molar-refractivity contribution >= 4 is 22.0 Å². The largest absolute Gasteiger partial charge is 0.399 e. The molecule has 8 nitrogen and oxygen atoms in total. The summed E-state index contributed by atoms with van der Waals surface area (Å²) in [6.07, 6.45) is -1.54. The van der Waals surface area contributed by atoms with Crippen molar-refractivity contribution in [2.75, 3.05) is 7.11 Å². The summed E-state index contributed by atoms with van der Waals surface area (Å²) in [7, 11) is -3.18. The molecule has 0 spiro atoms. The fourth-order valence-corrected chi connectivity index (χ4v) is 3.41. The standard InChI is InChI=1S/C14H19FN2O6S/c1-4-13(10(2)11(15)9-16-22-3)23-24(20,21)14-8-6-5-7-12(14)17(18)19/h5-11,13H,4H2,1-3H3/t10-,11+,13+/m0/s1. The van der Waals surface area contributed by atoms with Gasteiger partial charge in [-0.05, 0) is 12.5 Å². The van der Waals surface area contributed by atoms with E-state index in [-0.39, 0.29) is 6.42 Å². The van der Waals surface area contributed by atoms with E-state index in [4.69, 9.17) is 4.18 Å². The van der Waals surface area contributed by atoms with Gasteiger partial charge in [0.1, 0.15) is 13.3 Å². The average molecular weight is 362 g/mol. The normalized spacial score (nSPS) is 15.8. The smallest absolute Gasteiger partial charge is 0.304 e. The van der Waals surface area contributed by atoms with Crippen molar-refractivity contribution in [3.05, 3.63) is 34.4 Å². The van der Waals surface area contributed by atoms with Crippen LogP contribution in [0.5, 0.6) is 0 Å². The molecule has 0 aliphatic rings. The molecule has 0 unspecified atom stereocenters. The molecule has 0 saturated carbocycles. The Hall–Kier alpha value is -2.07. The van der Waals surface area contributed by atoms with E-state index >= 15 is 0 Å². The Kier molecular flexibility index (Phi) is 7.23. The molecule has 0 radical (unpaired) electrons. The number of hydrogen-bond acceptors (Lipinski definition) is 7. The lowest BCUT2D eigenvalue weighted by Crippen LogP contribution is -2.32. The lowest BCUT2D eigenvalue weighted by molar-refractivity contribution is -0.387. The number of benzene rings is 1. The Morgan fingerprint density at radius 3 is 2.58 bits per heavy atom. The van der Waals surface area contributed by atoms with Crippen molar-refractivity contribution in [3.8, 4) is 0 Å². The summed E-state index contributed by atoms with van der Waals surface area (Å²) in [5, 5.41) is 14.3. The van der Waals surface area contributed by atoms with Crippen LogP contribution in [-0.4, -0.2) is 38.9 Å². The van der Waals surface area contributed by atoms with E-state index in [1.807, 2.05) is 0 Å². The second-order valence-corrected chi connectivity index (χ2v) is 6.50. The molecule has 0 heterocycles. The maximum atomic E-state index is 14.0. The van der Waals surface area contributed by atoms with Gasteiger partial charge in [0.15, 0.2) is 4.90 Å².